The molecule has 0 nitrogen and oxygen atoms in total. The van der Waals surface area contributed by atoms with Crippen LogP contribution in [0.1, 0.15) is 91.9 Å². The maximum Gasteiger partial charge on any atom is -0.0331 e. The van der Waals surface area contributed by atoms with Crippen LogP contribution in [0.25, 0.3) is 0 Å². The van der Waals surface area contributed by atoms with E-state index in [1.54, 1.807) is 44.9 Å². The van der Waals surface area contributed by atoms with Gasteiger partial charge in [0.2, 0.25) is 0 Å². The zero-order valence-corrected chi connectivity index (χ0v) is 16.8. The summed E-state index contributed by atoms with van der Waals surface area (Å²) >= 11 is 0. The van der Waals surface area contributed by atoms with Crippen molar-refractivity contribution in [1.29, 1.82) is 0 Å². The zero-order chi connectivity index (χ0) is 16.8. The fourth-order valence-electron chi connectivity index (χ4n) is 8.52. The summed E-state index contributed by atoms with van der Waals surface area (Å²) in [4.78, 5) is 0. The van der Waals surface area contributed by atoms with Crippen LogP contribution in [0.15, 0.2) is 0 Å². The van der Waals surface area contributed by atoms with E-state index in [0.29, 0.717) is 0 Å². The summed E-state index contributed by atoms with van der Waals surface area (Å²) < 4.78 is 0. The summed E-state index contributed by atoms with van der Waals surface area (Å²) in [7, 11) is 0. The second-order valence-electron chi connectivity index (χ2n) is 10.6. The van der Waals surface area contributed by atoms with Gasteiger partial charge in [0.15, 0.2) is 0 Å². The lowest BCUT2D eigenvalue weighted by Crippen LogP contribution is -2.32. The highest BCUT2D eigenvalue weighted by atomic mass is 14.5. The molecule has 0 radical (unpaired) electrons. The number of rotatable bonds is 3. The molecule has 0 aromatic carbocycles. The predicted molar refractivity (Wildman–Crippen MR) is 104 cm³/mol. The maximum atomic E-state index is 2.69. The zero-order valence-electron chi connectivity index (χ0n) is 16.8. The van der Waals surface area contributed by atoms with Gasteiger partial charge in [-0.2, -0.15) is 0 Å². The molecule has 138 valence electrons. The third-order valence-electron chi connectivity index (χ3n) is 9.80. The highest BCUT2D eigenvalue weighted by molar-refractivity contribution is 4.99. The van der Waals surface area contributed by atoms with Gasteiger partial charge in [-0.3, -0.25) is 0 Å². The highest BCUT2D eigenvalue weighted by Crippen LogP contribution is 2.58. The molecule has 10 unspecified atom stereocenters. The van der Waals surface area contributed by atoms with Crippen LogP contribution >= 0.6 is 0 Å². The van der Waals surface area contributed by atoms with E-state index in [4.69, 9.17) is 0 Å². The van der Waals surface area contributed by atoms with E-state index in [1.807, 2.05) is 0 Å². The first-order valence-corrected chi connectivity index (χ1v) is 11.6. The molecule has 4 aliphatic carbocycles. The SMILES string of the molecule is CCC1CCC2CCC(C(C)C3CC4CCCC(C)C4C3C)C2C1. The summed E-state index contributed by atoms with van der Waals surface area (Å²) in [6, 6.07) is 0. The minimum atomic E-state index is 1.00. The molecule has 4 saturated carbocycles. The Morgan fingerprint density at radius 2 is 1.62 bits per heavy atom. The van der Waals surface area contributed by atoms with Crippen LogP contribution < -0.4 is 0 Å². The van der Waals surface area contributed by atoms with Gasteiger partial charge in [0, 0.05) is 0 Å². The van der Waals surface area contributed by atoms with Gasteiger partial charge in [0.25, 0.3) is 0 Å². The Bertz CT molecular complexity index is 426. The molecule has 0 heterocycles. The lowest BCUT2D eigenvalue weighted by atomic mass is 9.66. The van der Waals surface area contributed by atoms with Crippen molar-refractivity contribution in [1.82, 2.24) is 0 Å². The van der Waals surface area contributed by atoms with Crippen molar-refractivity contribution in [2.75, 3.05) is 0 Å². The minimum Gasteiger partial charge on any atom is -0.0651 e. The molecular formula is C24H42. The van der Waals surface area contributed by atoms with Gasteiger partial charge < -0.3 is 0 Å². The average Bonchev–Trinajstić information content (AvgIpc) is 3.16. The smallest absolute Gasteiger partial charge is 0.0331 e. The normalized spacial score (nSPS) is 52.8. The van der Waals surface area contributed by atoms with E-state index >= 15 is 0 Å². The monoisotopic (exact) mass is 330 g/mol. The van der Waals surface area contributed by atoms with Crippen molar-refractivity contribution in [3.05, 3.63) is 0 Å². The van der Waals surface area contributed by atoms with Crippen LogP contribution in [0.3, 0.4) is 0 Å². The Morgan fingerprint density at radius 3 is 2.38 bits per heavy atom. The molecule has 4 aliphatic rings. The second kappa shape index (κ2) is 6.96. The summed E-state index contributed by atoms with van der Waals surface area (Å²) in [5.74, 6) is 10.6. The Morgan fingerprint density at radius 1 is 0.833 bits per heavy atom. The van der Waals surface area contributed by atoms with Crippen molar-refractivity contribution in [3.8, 4) is 0 Å². The standard InChI is InChI=1S/C24H42/c1-5-18-9-10-19-11-12-21(23(19)13-18)16(3)22-14-20-8-6-7-15(2)24(20)17(22)4/h15-24H,5-14H2,1-4H3. The van der Waals surface area contributed by atoms with E-state index in [9.17, 15) is 0 Å². The highest BCUT2D eigenvalue weighted by Gasteiger charge is 2.50. The van der Waals surface area contributed by atoms with Gasteiger partial charge in [-0.25, -0.2) is 0 Å². The summed E-state index contributed by atoms with van der Waals surface area (Å²) in [6.45, 7) is 10.3. The molecule has 0 aromatic rings. The van der Waals surface area contributed by atoms with Crippen molar-refractivity contribution >= 4 is 0 Å². The van der Waals surface area contributed by atoms with Gasteiger partial charge in [0.1, 0.15) is 0 Å². The Hall–Kier alpha value is 0. The first kappa shape index (κ1) is 17.4. The van der Waals surface area contributed by atoms with E-state index in [-0.39, 0.29) is 0 Å². The lowest BCUT2D eigenvalue weighted by molar-refractivity contribution is 0.0962. The molecule has 0 amide bonds. The van der Waals surface area contributed by atoms with Crippen molar-refractivity contribution in [2.24, 2.45) is 59.2 Å². The van der Waals surface area contributed by atoms with Gasteiger partial charge in [-0.1, -0.05) is 59.8 Å². The van der Waals surface area contributed by atoms with Crippen molar-refractivity contribution < 1.29 is 0 Å². The largest absolute Gasteiger partial charge is 0.0651 e. The molecule has 10 atom stereocenters. The van der Waals surface area contributed by atoms with Crippen LogP contribution in [-0.4, -0.2) is 0 Å². The quantitative estimate of drug-likeness (QED) is 0.514. The van der Waals surface area contributed by atoms with Crippen molar-refractivity contribution in [3.63, 3.8) is 0 Å². The maximum absolute atomic E-state index is 2.69. The number of fused-ring (bicyclic) bond motifs is 2. The van der Waals surface area contributed by atoms with Gasteiger partial charge in [-0.05, 0) is 91.3 Å². The second-order valence-corrected chi connectivity index (χ2v) is 10.6. The van der Waals surface area contributed by atoms with Crippen LogP contribution in [-0.2, 0) is 0 Å². The first-order chi connectivity index (χ1) is 11.6. The molecule has 0 heteroatoms. The summed E-state index contributed by atoms with van der Waals surface area (Å²) in [5.41, 5.74) is 0. The number of hydrogen-bond donors (Lipinski definition) is 0. The minimum absolute atomic E-state index is 1.00. The molecule has 0 aromatic heterocycles. The van der Waals surface area contributed by atoms with Crippen LogP contribution in [0.5, 0.6) is 0 Å². The Kier molecular flexibility index (Phi) is 5.05. The van der Waals surface area contributed by atoms with Gasteiger partial charge >= 0.3 is 0 Å². The van der Waals surface area contributed by atoms with E-state index in [2.05, 4.69) is 27.7 Å². The lowest BCUT2D eigenvalue weighted by Gasteiger charge is -2.39. The third kappa shape index (κ3) is 2.88. The van der Waals surface area contributed by atoms with Crippen LogP contribution in [0, 0.1) is 59.2 Å². The first-order valence-electron chi connectivity index (χ1n) is 11.6. The molecule has 0 spiro atoms. The van der Waals surface area contributed by atoms with E-state index in [1.165, 1.54) is 19.3 Å². The van der Waals surface area contributed by atoms with Gasteiger partial charge in [-0.15, -0.1) is 0 Å². The molecule has 0 aliphatic heterocycles. The molecule has 24 heavy (non-hydrogen) atoms. The Labute approximate surface area is 151 Å². The van der Waals surface area contributed by atoms with E-state index in [0.717, 1.165) is 59.2 Å². The molecule has 4 fully saturated rings. The molecule has 0 bridgehead atoms. The summed E-state index contributed by atoms with van der Waals surface area (Å²) in [6.07, 6.45) is 15.4. The number of hydrogen-bond acceptors (Lipinski definition) is 0. The average molecular weight is 331 g/mol. The fraction of sp³-hybridized carbons (Fsp3) is 1.00. The molecular weight excluding hydrogens is 288 g/mol. The molecule has 4 rings (SSSR count). The van der Waals surface area contributed by atoms with Crippen LogP contribution in [0.4, 0.5) is 0 Å². The van der Waals surface area contributed by atoms with Gasteiger partial charge in [0.05, 0.1) is 0 Å². The van der Waals surface area contributed by atoms with Crippen LogP contribution in [0.2, 0.25) is 0 Å². The molecule has 0 N–H and O–H groups in total. The summed E-state index contributed by atoms with van der Waals surface area (Å²) in [5, 5.41) is 0. The third-order valence-corrected chi connectivity index (χ3v) is 9.80. The van der Waals surface area contributed by atoms with E-state index < -0.39 is 0 Å². The predicted octanol–water partition coefficient (Wildman–Crippen LogP) is 7.18. The van der Waals surface area contributed by atoms with Crippen molar-refractivity contribution in [2.45, 2.75) is 91.9 Å². The fourth-order valence-corrected chi connectivity index (χ4v) is 8.52. The topological polar surface area (TPSA) is 0 Å². The molecule has 0 saturated heterocycles. The Balaban J connectivity index is 1.46.